The van der Waals surface area contributed by atoms with Crippen LogP contribution in [0.5, 0.6) is 5.75 Å². The van der Waals surface area contributed by atoms with Crippen LogP contribution in [0, 0.1) is 28.5 Å². The van der Waals surface area contributed by atoms with Crippen LogP contribution in [0.2, 0.25) is 0 Å². The molecule has 2 rings (SSSR count). The van der Waals surface area contributed by atoms with Gasteiger partial charge in [-0.2, -0.15) is 10.5 Å². The zero-order valence-corrected chi connectivity index (χ0v) is 11.1. The minimum absolute atomic E-state index is 0.00599. The lowest BCUT2D eigenvalue weighted by Gasteiger charge is -2.09. The van der Waals surface area contributed by atoms with Crippen LogP contribution in [0.3, 0.4) is 0 Å². The fraction of sp³-hybridized carbons (Fsp3) is 0.125. The molecule has 0 fully saturated rings. The average Bonchev–Trinajstić information content (AvgIpc) is 2.52. The van der Waals surface area contributed by atoms with Crippen LogP contribution in [0.15, 0.2) is 42.5 Å². The number of nitriles is 2. The van der Waals surface area contributed by atoms with Crippen molar-refractivity contribution in [1.82, 2.24) is 0 Å². The summed E-state index contributed by atoms with van der Waals surface area (Å²) in [5.74, 6) is 0.0755. The molecule has 0 spiro atoms. The first-order valence-corrected chi connectivity index (χ1v) is 6.26. The van der Waals surface area contributed by atoms with E-state index >= 15 is 0 Å². The number of hydrogen-bond donors (Lipinski definition) is 1. The van der Waals surface area contributed by atoms with Crippen molar-refractivity contribution in [2.24, 2.45) is 0 Å². The van der Waals surface area contributed by atoms with Crippen molar-refractivity contribution in [2.45, 2.75) is 6.54 Å². The van der Waals surface area contributed by atoms with E-state index in [1.54, 1.807) is 24.3 Å². The number of nitrogens with one attached hydrogen (secondary N) is 1. The molecule has 2 aromatic rings. The molecule has 0 amide bonds. The number of anilines is 1. The molecule has 0 aliphatic rings. The SMILES string of the molecule is N#CCOc1ccc(CNc2cccc(F)c2C#N)cc1. The molecule has 0 atom stereocenters. The average molecular weight is 281 g/mol. The molecule has 104 valence electrons. The molecule has 2 aromatic carbocycles. The van der Waals surface area contributed by atoms with E-state index in [0.717, 1.165) is 5.56 Å². The minimum atomic E-state index is -0.539. The Bertz CT molecular complexity index is 699. The highest BCUT2D eigenvalue weighted by atomic mass is 19.1. The van der Waals surface area contributed by atoms with E-state index in [9.17, 15) is 4.39 Å². The van der Waals surface area contributed by atoms with Gasteiger partial charge in [-0.25, -0.2) is 4.39 Å². The molecule has 0 heterocycles. The third-order valence-electron chi connectivity index (χ3n) is 2.84. The summed E-state index contributed by atoms with van der Waals surface area (Å²) < 4.78 is 18.6. The Labute approximate surface area is 122 Å². The summed E-state index contributed by atoms with van der Waals surface area (Å²) in [5, 5.41) is 20.4. The highest BCUT2D eigenvalue weighted by Gasteiger charge is 2.07. The van der Waals surface area contributed by atoms with Crippen molar-refractivity contribution >= 4 is 5.69 Å². The Hall–Kier alpha value is -3.05. The summed E-state index contributed by atoms with van der Waals surface area (Å²) in [5.41, 5.74) is 1.42. The molecule has 0 bridgehead atoms. The van der Waals surface area contributed by atoms with E-state index in [1.807, 2.05) is 24.3 Å². The van der Waals surface area contributed by atoms with Gasteiger partial charge in [-0.05, 0) is 29.8 Å². The monoisotopic (exact) mass is 281 g/mol. The maximum absolute atomic E-state index is 13.4. The van der Waals surface area contributed by atoms with Gasteiger partial charge >= 0.3 is 0 Å². The van der Waals surface area contributed by atoms with Gasteiger partial charge in [0.1, 0.15) is 29.3 Å². The lowest BCUT2D eigenvalue weighted by Crippen LogP contribution is -2.02. The normalized spacial score (nSPS) is 9.48. The van der Waals surface area contributed by atoms with Crippen LogP contribution < -0.4 is 10.1 Å². The van der Waals surface area contributed by atoms with Crippen LogP contribution in [0.25, 0.3) is 0 Å². The third kappa shape index (κ3) is 3.71. The van der Waals surface area contributed by atoms with Gasteiger partial charge in [0.25, 0.3) is 0 Å². The molecule has 0 aliphatic carbocycles. The summed E-state index contributed by atoms with van der Waals surface area (Å²) in [7, 11) is 0. The zero-order valence-electron chi connectivity index (χ0n) is 11.1. The van der Waals surface area contributed by atoms with E-state index in [2.05, 4.69) is 5.32 Å². The van der Waals surface area contributed by atoms with Gasteiger partial charge in [0, 0.05) is 6.54 Å². The molecule has 0 aliphatic heterocycles. The Kier molecular flexibility index (Phi) is 4.74. The topological polar surface area (TPSA) is 68.8 Å². The van der Waals surface area contributed by atoms with Gasteiger partial charge in [-0.3, -0.25) is 0 Å². The summed E-state index contributed by atoms with van der Waals surface area (Å²) in [4.78, 5) is 0. The number of benzene rings is 2. The minimum Gasteiger partial charge on any atom is -0.479 e. The molecule has 0 saturated carbocycles. The highest BCUT2D eigenvalue weighted by Crippen LogP contribution is 2.19. The first-order chi connectivity index (χ1) is 10.2. The van der Waals surface area contributed by atoms with Crippen molar-refractivity contribution in [2.75, 3.05) is 11.9 Å². The fourth-order valence-electron chi connectivity index (χ4n) is 1.80. The van der Waals surface area contributed by atoms with Gasteiger partial charge < -0.3 is 10.1 Å². The summed E-state index contributed by atoms with van der Waals surface area (Å²) in [6.07, 6.45) is 0. The van der Waals surface area contributed by atoms with Crippen molar-refractivity contribution in [3.63, 3.8) is 0 Å². The van der Waals surface area contributed by atoms with Crippen LogP contribution in [-0.2, 0) is 6.54 Å². The second-order valence-corrected chi connectivity index (χ2v) is 4.22. The zero-order chi connectivity index (χ0) is 15.1. The third-order valence-corrected chi connectivity index (χ3v) is 2.84. The molecule has 0 unspecified atom stereocenters. The van der Waals surface area contributed by atoms with Crippen LogP contribution in [0.4, 0.5) is 10.1 Å². The van der Waals surface area contributed by atoms with E-state index in [0.29, 0.717) is 18.0 Å². The number of ether oxygens (including phenoxy) is 1. The molecule has 1 N–H and O–H groups in total. The number of hydrogen-bond acceptors (Lipinski definition) is 4. The van der Waals surface area contributed by atoms with E-state index in [4.69, 9.17) is 15.3 Å². The Balaban J connectivity index is 2.02. The smallest absolute Gasteiger partial charge is 0.174 e. The summed E-state index contributed by atoms with van der Waals surface area (Å²) in [6, 6.07) is 15.4. The molecule has 5 heteroatoms. The Morgan fingerprint density at radius 3 is 2.52 bits per heavy atom. The quantitative estimate of drug-likeness (QED) is 0.913. The predicted octanol–water partition coefficient (Wildman–Crippen LogP) is 3.21. The Morgan fingerprint density at radius 2 is 1.86 bits per heavy atom. The predicted molar refractivity (Wildman–Crippen MR) is 76.0 cm³/mol. The lowest BCUT2D eigenvalue weighted by atomic mass is 10.1. The summed E-state index contributed by atoms with van der Waals surface area (Å²) in [6.45, 7) is 0.461. The highest BCUT2D eigenvalue weighted by molar-refractivity contribution is 5.58. The number of halogens is 1. The van der Waals surface area contributed by atoms with E-state index < -0.39 is 5.82 Å². The molecular formula is C16H12FN3O. The molecule has 21 heavy (non-hydrogen) atoms. The largest absolute Gasteiger partial charge is 0.479 e. The van der Waals surface area contributed by atoms with E-state index in [-0.39, 0.29) is 12.2 Å². The maximum atomic E-state index is 13.4. The summed E-state index contributed by atoms with van der Waals surface area (Å²) >= 11 is 0. The number of rotatable bonds is 5. The van der Waals surface area contributed by atoms with Gasteiger partial charge in [-0.15, -0.1) is 0 Å². The van der Waals surface area contributed by atoms with Crippen molar-refractivity contribution in [3.05, 3.63) is 59.4 Å². The standard InChI is InChI=1S/C16H12FN3O/c17-15-2-1-3-16(14(15)10-19)20-11-12-4-6-13(7-5-12)21-9-8-18/h1-7,20H,9,11H2. The maximum Gasteiger partial charge on any atom is 0.174 e. The second kappa shape index (κ2) is 6.93. The van der Waals surface area contributed by atoms with Gasteiger partial charge in [0.05, 0.1) is 5.69 Å². The van der Waals surface area contributed by atoms with Gasteiger partial charge in [0.15, 0.2) is 6.61 Å². The first-order valence-electron chi connectivity index (χ1n) is 6.26. The molecule has 0 radical (unpaired) electrons. The lowest BCUT2D eigenvalue weighted by molar-refractivity contribution is 0.368. The second-order valence-electron chi connectivity index (χ2n) is 4.22. The number of nitrogens with zero attached hydrogens (tertiary/aromatic N) is 2. The van der Waals surface area contributed by atoms with E-state index in [1.165, 1.54) is 6.07 Å². The molecule has 0 aromatic heterocycles. The molecule has 0 saturated heterocycles. The first kappa shape index (κ1) is 14.4. The van der Waals surface area contributed by atoms with Crippen LogP contribution >= 0.6 is 0 Å². The van der Waals surface area contributed by atoms with Crippen molar-refractivity contribution < 1.29 is 9.13 Å². The fourth-order valence-corrected chi connectivity index (χ4v) is 1.80. The molecular weight excluding hydrogens is 269 g/mol. The Morgan fingerprint density at radius 1 is 1.10 bits per heavy atom. The van der Waals surface area contributed by atoms with Gasteiger partial charge in [0.2, 0.25) is 0 Å². The van der Waals surface area contributed by atoms with Crippen molar-refractivity contribution in [1.29, 1.82) is 10.5 Å². The molecule has 4 nitrogen and oxygen atoms in total. The van der Waals surface area contributed by atoms with Crippen molar-refractivity contribution in [3.8, 4) is 17.9 Å². The van der Waals surface area contributed by atoms with Crippen LogP contribution in [0.1, 0.15) is 11.1 Å². The van der Waals surface area contributed by atoms with Crippen LogP contribution in [-0.4, -0.2) is 6.61 Å². The van der Waals surface area contributed by atoms with Gasteiger partial charge in [-0.1, -0.05) is 18.2 Å².